The fourth-order valence-corrected chi connectivity index (χ4v) is 3.75. The summed E-state index contributed by atoms with van der Waals surface area (Å²) in [6.45, 7) is 3.44. The van der Waals surface area contributed by atoms with E-state index in [1.54, 1.807) is 0 Å². The molecule has 1 atom stereocenters. The number of hydrogen-bond acceptors (Lipinski definition) is 1. The Morgan fingerprint density at radius 2 is 1.95 bits per heavy atom. The molecule has 3 rings (SSSR count). The summed E-state index contributed by atoms with van der Waals surface area (Å²) in [6.07, 6.45) is 11.4. The monoisotopic (exact) mass is 271 g/mol. The summed E-state index contributed by atoms with van der Waals surface area (Å²) < 4.78 is 0. The lowest BCUT2D eigenvalue weighted by Gasteiger charge is -2.21. The van der Waals surface area contributed by atoms with Crippen LogP contribution in [0.1, 0.15) is 56.1 Å². The van der Waals surface area contributed by atoms with E-state index in [9.17, 15) is 0 Å². The first-order valence-electron chi connectivity index (χ1n) is 8.58. The van der Waals surface area contributed by atoms with Gasteiger partial charge in [0.05, 0.1) is 0 Å². The highest BCUT2D eigenvalue weighted by atomic mass is 14.9. The van der Waals surface area contributed by atoms with Crippen LogP contribution in [0.4, 0.5) is 0 Å². The fourth-order valence-electron chi connectivity index (χ4n) is 3.75. The maximum absolute atomic E-state index is 3.77. The molecule has 0 aromatic heterocycles. The summed E-state index contributed by atoms with van der Waals surface area (Å²) in [5, 5.41) is 3.77. The maximum atomic E-state index is 3.77. The third-order valence-corrected chi connectivity index (χ3v) is 5.02. The van der Waals surface area contributed by atoms with Crippen LogP contribution in [0.25, 0.3) is 0 Å². The van der Waals surface area contributed by atoms with Crippen molar-refractivity contribution < 1.29 is 0 Å². The van der Waals surface area contributed by atoms with Gasteiger partial charge in [-0.1, -0.05) is 55.5 Å². The molecule has 1 aromatic rings. The van der Waals surface area contributed by atoms with Crippen LogP contribution in [-0.2, 0) is 6.42 Å². The molecule has 20 heavy (non-hydrogen) atoms. The van der Waals surface area contributed by atoms with Gasteiger partial charge >= 0.3 is 0 Å². The van der Waals surface area contributed by atoms with Crippen molar-refractivity contribution in [3.05, 3.63) is 35.4 Å². The molecule has 0 bridgehead atoms. The highest BCUT2D eigenvalue weighted by molar-refractivity contribution is 5.22. The number of hydrogen-bond donors (Lipinski definition) is 1. The molecule has 2 aliphatic carbocycles. The number of nitrogens with one attached hydrogen (secondary N) is 1. The summed E-state index contributed by atoms with van der Waals surface area (Å²) in [4.78, 5) is 0. The summed E-state index contributed by atoms with van der Waals surface area (Å²) in [7, 11) is 0. The Kier molecular flexibility index (Phi) is 4.77. The molecule has 0 heterocycles. The highest BCUT2D eigenvalue weighted by Crippen LogP contribution is 2.32. The SMILES string of the molecule is Cc1cccc(CC(CNC2CC2)CC2CCCC2)c1. The van der Waals surface area contributed by atoms with Crippen LogP contribution in [0.2, 0.25) is 0 Å². The Morgan fingerprint density at radius 1 is 1.15 bits per heavy atom. The maximum Gasteiger partial charge on any atom is 0.00683 e. The van der Waals surface area contributed by atoms with Gasteiger partial charge < -0.3 is 5.32 Å². The normalized spacial score (nSPS) is 21.2. The second kappa shape index (κ2) is 6.76. The van der Waals surface area contributed by atoms with Crippen LogP contribution in [0.3, 0.4) is 0 Å². The molecule has 1 heteroatoms. The minimum atomic E-state index is 0.834. The van der Waals surface area contributed by atoms with Gasteiger partial charge in [0, 0.05) is 6.04 Å². The van der Waals surface area contributed by atoms with Crippen molar-refractivity contribution in [1.82, 2.24) is 5.32 Å². The lowest BCUT2D eigenvalue weighted by molar-refractivity contribution is 0.356. The van der Waals surface area contributed by atoms with Crippen LogP contribution in [0.5, 0.6) is 0 Å². The molecule has 0 aliphatic heterocycles. The zero-order chi connectivity index (χ0) is 13.8. The molecule has 0 radical (unpaired) electrons. The quantitative estimate of drug-likeness (QED) is 0.770. The van der Waals surface area contributed by atoms with E-state index in [-0.39, 0.29) is 0 Å². The Bertz CT molecular complexity index is 416. The van der Waals surface area contributed by atoms with E-state index in [4.69, 9.17) is 0 Å². The Balaban J connectivity index is 1.57. The minimum absolute atomic E-state index is 0.834. The van der Waals surface area contributed by atoms with Gasteiger partial charge in [0.1, 0.15) is 0 Å². The molecule has 2 aliphatic rings. The lowest BCUT2D eigenvalue weighted by atomic mass is 9.88. The van der Waals surface area contributed by atoms with Crippen LogP contribution in [-0.4, -0.2) is 12.6 Å². The summed E-state index contributed by atoms with van der Waals surface area (Å²) >= 11 is 0. The van der Waals surface area contributed by atoms with Crippen molar-refractivity contribution in [1.29, 1.82) is 0 Å². The molecule has 2 saturated carbocycles. The van der Waals surface area contributed by atoms with Gasteiger partial charge in [0.15, 0.2) is 0 Å². The molecule has 2 fully saturated rings. The van der Waals surface area contributed by atoms with Crippen LogP contribution in [0, 0.1) is 18.8 Å². The van der Waals surface area contributed by atoms with Crippen LogP contribution < -0.4 is 5.32 Å². The first-order chi connectivity index (χ1) is 9.79. The van der Waals surface area contributed by atoms with E-state index in [0.29, 0.717) is 0 Å². The first-order valence-corrected chi connectivity index (χ1v) is 8.58. The Morgan fingerprint density at radius 3 is 2.65 bits per heavy atom. The molecule has 1 N–H and O–H groups in total. The number of rotatable bonds is 7. The first kappa shape index (κ1) is 14.1. The second-order valence-electron chi connectivity index (χ2n) is 7.13. The molecule has 0 spiro atoms. The average Bonchev–Trinajstić information content (AvgIpc) is 3.12. The molecule has 0 saturated heterocycles. The van der Waals surface area contributed by atoms with Gasteiger partial charge in [-0.25, -0.2) is 0 Å². The van der Waals surface area contributed by atoms with E-state index in [1.165, 1.54) is 69.0 Å². The standard InChI is InChI=1S/C19H29N/c1-15-5-4-8-17(11-15)13-18(14-20-19-9-10-19)12-16-6-2-3-7-16/h4-5,8,11,16,18-20H,2-3,6-7,9-10,12-14H2,1H3. The van der Waals surface area contributed by atoms with Crippen molar-refractivity contribution in [2.24, 2.45) is 11.8 Å². The predicted molar refractivity (Wildman–Crippen MR) is 86.0 cm³/mol. The van der Waals surface area contributed by atoms with Crippen LogP contribution >= 0.6 is 0 Å². The predicted octanol–water partition coefficient (Wildman–Crippen LogP) is 4.49. The van der Waals surface area contributed by atoms with E-state index in [0.717, 1.165) is 17.9 Å². The minimum Gasteiger partial charge on any atom is -0.314 e. The third kappa shape index (κ3) is 4.34. The number of benzene rings is 1. The molecule has 1 unspecified atom stereocenters. The molecule has 110 valence electrons. The van der Waals surface area contributed by atoms with Gasteiger partial charge in [0.25, 0.3) is 0 Å². The van der Waals surface area contributed by atoms with Crippen molar-refractivity contribution in [3.8, 4) is 0 Å². The third-order valence-electron chi connectivity index (χ3n) is 5.02. The summed E-state index contributed by atoms with van der Waals surface area (Å²) in [6, 6.07) is 9.95. The van der Waals surface area contributed by atoms with E-state index < -0.39 is 0 Å². The van der Waals surface area contributed by atoms with E-state index in [2.05, 4.69) is 36.5 Å². The van der Waals surface area contributed by atoms with Crippen molar-refractivity contribution in [2.45, 2.75) is 64.3 Å². The Hall–Kier alpha value is -0.820. The summed E-state index contributed by atoms with van der Waals surface area (Å²) in [5.41, 5.74) is 2.93. The van der Waals surface area contributed by atoms with Crippen LogP contribution in [0.15, 0.2) is 24.3 Å². The molecule has 1 aromatic carbocycles. The molecule has 0 amide bonds. The lowest BCUT2D eigenvalue weighted by Crippen LogP contribution is -2.27. The largest absolute Gasteiger partial charge is 0.314 e. The van der Waals surface area contributed by atoms with Gasteiger partial charge in [-0.15, -0.1) is 0 Å². The van der Waals surface area contributed by atoms with Gasteiger partial charge in [-0.2, -0.15) is 0 Å². The van der Waals surface area contributed by atoms with E-state index >= 15 is 0 Å². The smallest absolute Gasteiger partial charge is 0.00683 e. The zero-order valence-corrected chi connectivity index (χ0v) is 12.9. The molecule has 1 nitrogen and oxygen atoms in total. The van der Waals surface area contributed by atoms with Gasteiger partial charge in [-0.05, 0) is 56.6 Å². The Labute approximate surface area is 124 Å². The van der Waals surface area contributed by atoms with Gasteiger partial charge in [-0.3, -0.25) is 0 Å². The topological polar surface area (TPSA) is 12.0 Å². The summed E-state index contributed by atoms with van der Waals surface area (Å²) in [5.74, 6) is 1.84. The van der Waals surface area contributed by atoms with Crippen molar-refractivity contribution in [2.75, 3.05) is 6.54 Å². The number of aryl methyl sites for hydroxylation is 1. The highest BCUT2D eigenvalue weighted by Gasteiger charge is 2.24. The second-order valence-corrected chi connectivity index (χ2v) is 7.13. The van der Waals surface area contributed by atoms with Crippen molar-refractivity contribution >= 4 is 0 Å². The fraction of sp³-hybridized carbons (Fsp3) is 0.684. The van der Waals surface area contributed by atoms with Crippen molar-refractivity contribution in [3.63, 3.8) is 0 Å². The average molecular weight is 271 g/mol. The molecular weight excluding hydrogens is 242 g/mol. The van der Waals surface area contributed by atoms with Gasteiger partial charge in [0.2, 0.25) is 0 Å². The zero-order valence-electron chi connectivity index (χ0n) is 12.9. The molecular formula is C19H29N. The van der Waals surface area contributed by atoms with E-state index in [1.807, 2.05) is 0 Å².